The van der Waals surface area contributed by atoms with Crippen molar-refractivity contribution in [3.05, 3.63) is 84.9 Å². The molecule has 0 aliphatic carbocycles. The lowest BCUT2D eigenvalue weighted by Gasteiger charge is -2.15. The van der Waals surface area contributed by atoms with Crippen LogP contribution in [0.2, 0.25) is 0 Å². The van der Waals surface area contributed by atoms with Crippen molar-refractivity contribution in [1.29, 1.82) is 0 Å². The molecule has 1 aromatic heterocycles. The van der Waals surface area contributed by atoms with E-state index in [-0.39, 0.29) is 0 Å². The fourth-order valence-electron chi connectivity index (χ4n) is 5.06. The molecule has 1 heteroatoms. The Kier molecular flexibility index (Phi) is 2.30. The predicted octanol–water partition coefficient (Wildman–Crippen LogP) is 7.37. The molecule has 124 valence electrons. The van der Waals surface area contributed by atoms with Crippen LogP contribution in [0.1, 0.15) is 0 Å². The van der Waals surface area contributed by atoms with Crippen molar-refractivity contribution in [3.63, 3.8) is 0 Å². The Morgan fingerprint density at radius 1 is 0.407 bits per heavy atom. The Morgan fingerprint density at radius 2 is 1.04 bits per heavy atom. The highest BCUT2D eigenvalue weighted by molar-refractivity contribution is 6.37. The van der Waals surface area contributed by atoms with Gasteiger partial charge in [0.1, 0.15) is 0 Å². The van der Waals surface area contributed by atoms with E-state index in [4.69, 9.17) is 0 Å². The van der Waals surface area contributed by atoms with Crippen LogP contribution in [0.5, 0.6) is 0 Å². The Balaban J connectivity index is 1.92. The number of aromatic nitrogens is 1. The molecule has 7 rings (SSSR count). The standard InChI is InChI=1S/C26H15N/c1-2-13-22-19(8-1)26-20-12-5-11-17-16-9-3-6-15-7-4-10-18(24(15)16)21(25(17)20)14-23(26)27-22/h1-14,27H. The van der Waals surface area contributed by atoms with Gasteiger partial charge < -0.3 is 4.98 Å². The highest BCUT2D eigenvalue weighted by atomic mass is 14.7. The van der Waals surface area contributed by atoms with Crippen LogP contribution in [-0.2, 0) is 0 Å². The first-order valence-electron chi connectivity index (χ1n) is 9.39. The number of fused-ring (bicyclic) bond motifs is 6. The third-order valence-corrected chi connectivity index (χ3v) is 6.11. The van der Waals surface area contributed by atoms with Crippen molar-refractivity contribution in [2.45, 2.75) is 0 Å². The summed E-state index contributed by atoms with van der Waals surface area (Å²) >= 11 is 0. The molecular formula is C26H15N. The van der Waals surface area contributed by atoms with Gasteiger partial charge in [-0.2, -0.15) is 0 Å². The predicted molar refractivity (Wildman–Crippen MR) is 117 cm³/mol. The third kappa shape index (κ3) is 1.56. The van der Waals surface area contributed by atoms with Gasteiger partial charge in [0.15, 0.2) is 0 Å². The molecule has 0 saturated heterocycles. The molecule has 0 bridgehead atoms. The highest BCUT2D eigenvalue weighted by Crippen LogP contribution is 2.43. The fraction of sp³-hybridized carbons (Fsp3) is 0. The van der Waals surface area contributed by atoms with Crippen LogP contribution in [0.15, 0.2) is 84.9 Å². The first-order valence-corrected chi connectivity index (χ1v) is 9.39. The van der Waals surface area contributed by atoms with E-state index in [0.29, 0.717) is 0 Å². The van der Waals surface area contributed by atoms with Gasteiger partial charge in [0.2, 0.25) is 0 Å². The maximum absolute atomic E-state index is 3.64. The number of rotatable bonds is 0. The second-order valence-electron chi connectivity index (χ2n) is 7.45. The zero-order chi connectivity index (χ0) is 17.5. The molecule has 6 aromatic carbocycles. The molecule has 0 amide bonds. The van der Waals surface area contributed by atoms with Crippen LogP contribution in [0, 0.1) is 0 Å². The van der Waals surface area contributed by atoms with Crippen molar-refractivity contribution in [2.24, 2.45) is 0 Å². The van der Waals surface area contributed by atoms with Crippen molar-refractivity contribution >= 4 is 64.9 Å². The minimum absolute atomic E-state index is 1.20. The largest absolute Gasteiger partial charge is 0.354 e. The van der Waals surface area contributed by atoms with Gasteiger partial charge in [-0.15, -0.1) is 0 Å². The summed E-state index contributed by atoms with van der Waals surface area (Å²) in [6.07, 6.45) is 0. The lowest BCUT2D eigenvalue weighted by Crippen LogP contribution is -1.87. The van der Waals surface area contributed by atoms with E-state index in [1.165, 1.54) is 64.9 Å². The first kappa shape index (κ1) is 13.6. The number of nitrogens with one attached hydrogen (secondary N) is 1. The summed E-state index contributed by atoms with van der Waals surface area (Å²) < 4.78 is 0. The van der Waals surface area contributed by atoms with E-state index in [1.807, 2.05) is 0 Å². The van der Waals surface area contributed by atoms with E-state index in [9.17, 15) is 0 Å². The minimum atomic E-state index is 1.20. The number of aromatic amines is 1. The Hall–Kier alpha value is -3.58. The second kappa shape index (κ2) is 4.57. The number of hydrogen-bond donors (Lipinski definition) is 1. The monoisotopic (exact) mass is 341 g/mol. The molecule has 7 aromatic rings. The van der Waals surface area contributed by atoms with Crippen molar-refractivity contribution < 1.29 is 0 Å². The average molecular weight is 341 g/mol. The number of para-hydroxylation sites is 1. The molecule has 0 saturated carbocycles. The van der Waals surface area contributed by atoms with Crippen molar-refractivity contribution in [1.82, 2.24) is 4.98 Å². The summed E-state index contributed by atoms with van der Waals surface area (Å²) in [5.74, 6) is 0. The molecule has 0 aliphatic heterocycles. The van der Waals surface area contributed by atoms with Gasteiger partial charge in [-0.25, -0.2) is 0 Å². The van der Waals surface area contributed by atoms with Gasteiger partial charge in [-0.05, 0) is 55.2 Å². The zero-order valence-corrected chi connectivity index (χ0v) is 14.6. The van der Waals surface area contributed by atoms with Gasteiger partial charge in [-0.3, -0.25) is 0 Å². The topological polar surface area (TPSA) is 15.8 Å². The summed E-state index contributed by atoms with van der Waals surface area (Å²) in [6, 6.07) is 31.0. The van der Waals surface area contributed by atoms with Crippen LogP contribution in [0.4, 0.5) is 0 Å². The van der Waals surface area contributed by atoms with Gasteiger partial charge in [0.25, 0.3) is 0 Å². The highest BCUT2D eigenvalue weighted by Gasteiger charge is 2.16. The smallest absolute Gasteiger partial charge is 0.0477 e. The van der Waals surface area contributed by atoms with Crippen LogP contribution in [0.25, 0.3) is 64.9 Å². The quantitative estimate of drug-likeness (QED) is 0.219. The molecule has 0 radical (unpaired) electrons. The molecule has 27 heavy (non-hydrogen) atoms. The molecule has 1 heterocycles. The van der Waals surface area contributed by atoms with Crippen LogP contribution in [-0.4, -0.2) is 4.98 Å². The SMILES string of the molecule is c1ccc2c(c1)[nH]c1cc3c4cccc5cccc(c6cccc(c12)c63)c54. The summed E-state index contributed by atoms with van der Waals surface area (Å²) in [5.41, 5.74) is 2.42. The van der Waals surface area contributed by atoms with Gasteiger partial charge in [0.05, 0.1) is 0 Å². The molecule has 0 aliphatic rings. The zero-order valence-electron chi connectivity index (χ0n) is 14.6. The third-order valence-electron chi connectivity index (χ3n) is 6.11. The molecule has 1 N–H and O–H groups in total. The first-order chi connectivity index (χ1) is 13.4. The molecule has 0 atom stereocenters. The minimum Gasteiger partial charge on any atom is -0.354 e. The molecule has 1 nitrogen and oxygen atoms in total. The second-order valence-corrected chi connectivity index (χ2v) is 7.45. The number of H-pyrrole nitrogens is 1. The molecule has 0 unspecified atom stereocenters. The van der Waals surface area contributed by atoms with E-state index < -0.39 is 0 Å². The van der Waals surface area contributed by atoms with E-state index in [0.717, 1.165) is 0 Å². The Bertz CT molecular complexity index is 1660. The van der Waals surface area contributed by atoms with Crippen molar-refractivity contribution in [3.8, 4) is 0 Å². The summed E-state index contributed by atoms with van der Waals surface area (Å²) in [5, 5.41) is 13.4. The summed E-state index contributed by atoms with van der Waals surface area (Å²) in [4.78, 5) is 3.64. The Labute approximate surface area is 155 Å². The molecular weight excluding hydrogens is 326 g/mol. The number of hydrogen-bond acceptors (Lipinski definition) is 0. The molecule has 0 spiro atoms. The fourth-order valence-corrected chi connectivity index (χ4v) is 5.06. The van der Waals surface area contributed by atoms with Gasteiger partial charge in [-0.1, -0.05) is 72.8 Å². The van der Waals surface area contributed by atoms with E-state index >= 15 is 0 Å². The maximum Gasteiger partial charge on any atom is 0.0477 e. The lowest BCUT2D eigenvalue weighted by molar-refractivity contribution is 1.56. The Morgan fingerprint density at radius 3 is 1.89 bits per heavy atom. The maximum atomic E-state index is 3.64. The lowest BCUT2D eigenvalue weighted by atomic mass is 9.88. The van der Waals surface area contributed by atoms with Gasteiger partial charge in [0, 0.05) is 21.8 Å². The van der Waals surface area contributed by atoms with Crippen molar-refractivity contribution in [2.75, 3.05) is 0 Å². The van der Waals surface area contributed by atoms with E-state index in [2.05, 4.69) is 89.9 Å². The molecule has 0 fully saturated rings. The number of benzene rings is 6. The normalized spacial score (nSPS) is 12.4. The van der Waals surface area contributed by atoms with Gasteiger partial charge >= 0.3 is 0 Å². The summed E-state index contributed by atoms with van der Waals surface area (Å²) in [6.45, 7) is 0. The van der Waals surface area contributed by atoms with Crippen LogP contribution in [0.3, 0.4) is 0 Å². The average Bonchev–Trinajstić information content (AvgIpc) is 3.10. The van der Waals surface area contributed by atoms with Crippen LogP contribution >= 0.6 is 0 Å². The summed E-state index contributed by atoms with van der Waals surface area (Å²) in [7, 11) is 0. The van der Waals surface area contributed by atoms with E-state index in [1.54, 1.807) is 0 Å². The van der Waals surface area contributed by atoms with Crippen LogP contribution < -0.4 is 0 Å².